The number of aliphatic hydroxyl groups is 1. The maximum atomic E-state index is 9.38. The van der Waals surface area contributed by atoms with E-state index in [-0.39, 0.29) is 12.2 Å². The lowest BCUT2D eigenvalue weighted by Crippen LogP contribution is -2.39. The first kappa shape index (κ1) is 95.1. The van der Waals surface area contributed by atoms with E-state index in [9.17, 15) is 5.11 Å². The van der Waals surface area contributed by atoms with Gasteiger partial charge in [0, 0.05) is 23.0 Å². The second-order valence-electron chi connectivity index (χ2n) is 30.3. The summed E-state index contributed by atoms with van der Waals surface area (Å²) in [6.07, 6.45) is 15.7. The number of epoxide rings is 14. The van der Waals surface area contributed by atoms with Crippen molar-refractivity contribution in [1.29, 1.82) is 0 Å². The molecule has 14 aliphatic heterocycles. The van der Waals surface area contributed by atoms with Gasteiger partial charge in [0.1, 0.15) is 103 Å². The van der Waals surface area contributed by atoms with Gasteiger partial charge in [-0.05, 0) is 68.6 Å². The van der Waals surface area contributed by atoms with E-state index in [0.717, 1.165) is 220 Å². The zero-order chi connectivity index (χ0) is 77.4. The molecule has 2 saturated carbocycles. The van der Waals surface area contributed by atoms with Gasteiger partial charge in [0.2, 0.25) is 0 Å². The van der Waals surface area contributed by atoms with Crippen molar-refractivity contribution in [2.24, 2.45) is 17.3 Å². The van der Waals surface area contributed by atoms with Crippen molar-refractivity contribution >= 4 is 66.7 Å². The molecule has 0 spiro atoms. The highest BCUT2D eigenvalue weighted by Crippen LogP contribution is 2.49. The average molecular weight is 1720 g/mol. The molecule has 14 atom stereocenters. The van der Waals surface area contributed by atoms with Crippen molar-refractivity contribution in [2.75, 3.05) is 298 Å². The Balaban J connectivity index is 0.000000140. The fourth-order valence-corrected chi connectivity index (χ4v) is 15.2. The van der Waals surface area contributed by atoms with E-state index < -0.39 is 6.10 Å². The summed E-state index contributed by atoms with van der Waals surface area (Å²) in [5.74, 6) is 8.62. The lowest BCUT2D eigenvalue weighted by molar-refractivity contribution is -0.0387. The van der Waals surface area contributed by atoms with Crippen LogP contribution in [0.1, 0.15) is 65.2 Å². The van der Waals surface area contributed by atoms with Gasteiger partial charge in [-0.3, -0.25) is 0 Å². The molecule has 112 heavy (non-hydrogen) atoms. The molecule has 0 aromatic heterocycles. The number of aliphatic hydroxyl groups excluding tert-OH is 1. The average Bonchev–Trinajstić information content (AvgIpc) is 1.77. The fourth-order valence-electron chi connectivity index (χ4n) is 11.1. The van der Waals surface area contributed by atoms with Crippen LogP contribution in [0.25, 0.3) is 0 Å². The van der Waals surface area contributed by atoms with Gasteiger partial charge < -0.3 is 142 Å². The Bertz CT molecular complexity index is 2070. The fraction of sp³-hybridized carbons (Fsp3) is 1.00. The summed E-state index contributed by atoms with van der Waals surface area (Å²) in [6.45, 7) is 33.6. The second-order valence-corrected chi connectivity index (χ2v) is 37.4. The number of hydrogen-bond donors (Lipinski definition) is 1. The van der Waals surface area contributed by atoms with Gasteiger partial charge >= 0.3 is 0 Å². The summed E-state index contributed by atoms with van der Waals surface area (Å²) < 4.78 is 152. The quantitative estimate of drug-likeness (QED) is 0.0302. The van der Waals surface area contributed by atoms with Crippen LogP contribution in [0.2, 0.25) is 0 Å². The summed E-state index contributed by atoms with van der Waals surface area (Å²) in [4.78, 5) is 0. The molecular formula is C76H134O30S6. The Morgan fingerprint density at radius 2 is 0.491 bits per heavy atom. The molecule has 14 saturated heterocycles. The van der Waals surface area contributed by atoms with Crippen molar-refractivity contribution in [3.8, 4) is 0 Å². The van der Waals surface area contributed by atoms with Crippen LogP contribution < -0.4 is 0 Å². The molecule has 14 heterocycles. The van der Waals surface area contributed by atoms with Gasteiger partial charge in [-0.1, -0.05) is 57.0 Å². The normalized spacial score (nSPS) is 31.7. The van der Waals surface area contributed by atoms with Crippen molar-refractivity contribution in [2.45, 2.75) is 169 Å². The minimum Gasteiger partial charge on any atom is -0.388 e. The van der Waals surface area contributed by atoms with Crippen molar-refractivity contribution in [1.82, 2.24) is 0 Å². The molecule has 0 aromatic rings. The SMILES string of the molecule is C(COCC1CO1)OCCOCC1CO1.C(CSCCOCC1CO1)OCC1CO1.C(CSSCCOCC1CO1)OCC1CO1.C(OCC1CO1)SCOCC1CO1.C(OCC1CO1)SSCOCC1CO1.CC(C)(C1CCC(OCC2CO2)CC1)C1CCC(OCC2CO2)CC1.OC(COCC1CO1)COCC1CO1. The van der Waals surface area contributed by atoms with E-state index >= 15 is 0 Å². The van der Waals surface area contributed by atoms with Gasteiger partial charge in [0.05, 0.1) is 275 Å². The maximum Gasteiger partial charge on any atom is 0.104 e. The van der Waals surface area contributed by atoms with E-state index in [2.05, 4.69) is 13.8 Å². The number of ether oxygens (including phenoxy) is 29. The van der Waals surface area contributed by atoms with Crippen LogP contribution in [0, 0.1) is 17.3 Å². The highest BCUT2D eigenvalue weighted by atomic mass is 33.1. The minimum atomic E-state index is -0.549. The summed E-state index contributed by atoms with van der Waals surface area (Å²) >= 11 is 3.50. The molecule has 30 nitrogen and oxygen atoms in total. The number of hydrogen-bond acceptors (Lipinski definition) is 36. The molecule has 36 heteroatoms. The van der Waals surface area contributed by atoms with Crippen LogP contribution in [-0.4, -0.2) is 407 Å². The van der Waals surface area contributed by atoms with Crippen LogP contribution in [0.4, 0.5) is 0 Å². The summed E-state index contributed by atoms with van der Waals surface area (Å²) in [6, 6.07) is 0. The Morgan fingerprint density at radius 1 is 0.259 bits per heavy atom. The van der Waals surface area contributed by atoms with Crippen LogP contribution in [-0.2, 0) is 137 Å². The number of rotatable bonds is 64. The highest BCUT2D eigenvalue weighted by molar-refractivity contribution is 8.77. The van der Waals surface area contributed by atoms with Crippen LogP contribution in [0.15, 0.2) is 0 Å². The van der Waals surface area contributed by atoms with Gasteiger partial charge in [-0.2, -0.15) is 11.8 Å². The lowest BCUT2D eigenvalue weighted by atomic mass is 9.60. The van der Waals surface area contributed by atoms with Crippen molar-refractivity contribution in [3.05, 3.63) is 0 Å². The van der Waals surface area contributed by atoms with Gasteiger partial charge in [-0.15, -0.1) is 11.8 Å². The third-order valence-corrected chi connectivity index (χ3v) is 24.9. The third-order valence-electron chi connectivity index (χ3n) is 19.3. The molecule has 0 radical (unpaired) electrons. The largest absolute Gasteiger partial charge is 0.388 e. The van der Waals surface area contributed by atoms with Crippen molar-refractivity contribution < 1.29 is 142 Å². The van der Waals surface area contributed by atoms with E-state index in [1.54, 1.807) is 33.3 Å². The monoisotopic (exact) mass is 1720 g/mol. The first-order valence-electron chi connectivity index (χ1n) is 40.9. The van der Waals surface area contributed by atoms with Gasteiger partial charge in [0.25, 0.3) is 0 Å². The molecule has 16 rings (SSSR count). The molecule has 14 unspecified atom stereocenters. The molecule has 0 bridgehead atoms. The van der Waals surface area contributed by atoms with E-state index in [4.69, 9.17) is 137 Å². The molecule has 0 amide bonds. The third kappa shape index (κ3) is 55.8. The standard InChI is InChI=1S/C21H36O4.C10H18O5.C10H18O4S2.C10H18O4S.C9H16O5.C8H14O4S2.C8H14O4S/c1-21(2,15-3-7-17(8-4-15)22-11-19-13-24-19)16-5-9-18(10-6-16)23-12-20-14-25-20;1(3-12-5-9-7-14-9)11-2-4-13-6-10-8-15-10;1(11-5-9-7-13-9)3-15-16-4-2-12-6-10-8-14-10;1(11-5-9-7-13-9)3-15-4-2-12-6-10-8-14-10;10-7(1-11-3-8-5-13-8)2-12-4-9-6-14-9;1(7-3-11-7)9-5-13-14-6-10-2-8-4-12-8;1(7-3-11-7)9-5-13-6-10-2-8-4-12-8/h15-20H,3-14H2,1-2H3;9-10H,1-8H2;9-10H,1-8H2;9-10H,1-8H2;7-10H,1-6H2;7-8H,1-6H2;7-8H,1-6H2. The Labute approximate surface area is 689 Å². The van der Waals surface area contributed by atoms with Crippen LogP contribution in [0.5, 0.6) is 0 Å². The van der Waals surface area contributed by atoms with Crippen LogP contribution >= 0.6 is 66.7 Å². The Kier molecular flexibility index (Phi) is 50.0. The summed E-state index contributed by atoms with van der Waals surface area (Å²) in [5, 5.41) is 9.38. The number of thioether (sulfide) groups is 2. The van der Waals surface area contributed by atoms with Gasteiger partial charge in [-0.25, -0.2) is 0 Å². The Hall–Kier alpha value is 0.900. The predicted molar refractivity (Wildman–Crippen MR) is 425 cm³/mol. The molecule has 2 aliphatic carbocycles. The van der Waals surface area contributed by atoms with Crippen LogP contribution in [0.3, 0.4) is 0 Å². The molecular weight excluding hydrogens is 1590 g/mol. The van der Waals surface area contributed by atoms with Gasteiger partial charge in [0.15, 0.2) is 0 Å². The lowest BCUT2D eigenvalue weighted by Gasteiger charge is -2.46. The van der Waals surface area contributed by atoms with E-state index in [1.807, 2.05) is 33.3 Å². The van der Waals surface area contributed by atoms with E-state index in [0.29, 0.717) is 181 Å². The smallest absolute Gasteiger partial charge is 0.104 e. The zero-order valence-corrected chi connectivity index (χ0v) is 71.3. The molecule has 0 aromatic carbocycles. The first-order valence-corrected chi connectivity index (χ1v) is 48.2. The van der Waals surface area contributed by atoms with E-state index in [1.165, 1.54) is 51.4 Å². The minimum absolute atomic E-state index is 0.253. The Morgan fingerprint density at radius 3 is 0.777 bits per heavy atom. The molecule has 16 fully saturated rings. The summed E-state index contributed by atoms with van der Waals surface area (Å²) in [7, 11) is 7.02. The molecule has 654 valence electrons. The molecule has 16 aliphatic rings. The van der Waals surface area contributed by atoms with Crippen molar-refractivity contribution in [3.63, 3.8) is 0 Å². The summed E-state index contributed by atoms with van der Waals surface area (Å²) in [5.41, 5.74) is 0.454. The molecule has 1 N–H and O–H groups in total. The topological polar surface area (TPSA) is 334 Å². The highest BCUT2D eigenvalue weighted by Gasteiger charge is 2.42. The second kappa shape index (κ2) is 58.9. The zero-order valence-electron chi connectivity index (χ0n) is 66.4. The predicted octanol–water partition coefficient (Wildman–Crippen LogP) is 6.30. The maximum absolute atomic E-state index is 9.38. The first-order chi connectivity index (χ1) is 55.2.